The Bertz CT molecular complexity index is 1120. The van der Waals surface area contributed by atoms with Crippen LogP contribution >= 0.6 is 15.9 Å². The van der Waals surface area contributed by atoms with Crippen molar-refractivity contribution in [3.63, 3.8) is 0 Å². The molecule has 0 aliphatic carbocycles. The summed E-state index contributed by atoms with van der Waals surface area (Å²) in [4.78, 5) is 12.8. The molecule has 1 N–H and O–H groups in total. The third-order valence-corrected chi connectivity index (χ3v) is 5.29. The van der Waals surface area contributed by atoms with Crippen LogP contribution in [0.2, 0.25) is 0 Å². The number of carbonyl (C=O) groups excluding carboxylic acids is 1. The molecule has 9 nitrogen and oxygen atoms in total. The molecule has 0 aliphatic heterocycles. The number of rotatable bonds is 9. The van der Waals surface area contributed by atoms with E-state index in [9.17, 15) is 4.79 Å². The van der Waals surface area contributed by atoms with Crippen LogP contribution < -0.4 is 19.8 Å². The molecule has 3 rings (SSSR count). The summed E-state index contributed by atoms with van der Waals surface area (Å²) < 4.78 is 19.7. The van der Waals surface area contributed by atoms with E-state index >= 15 is 0 Å². The van der Waals surface area contributed by atoms with Crippen LogP contribution in [0, 0.1) is 5.41 Å². The van der Waals surface area contributed by atoms with E-state index in [0.717, 1.165) is 12.8 Å². The van der Waals surface area contributed by atoms with Crippen LogP contribution in [0.1, 0.15) is 37.0 Å². The quantitative estimate of drug-likeness (QED) is 0.474. The van der Waals surface area contributed by atoms with Crippen molar-refractivity contribution in [1.29, 1.82) is 5.41 Å². The van der Waals surface area contributed by atoms with Crippen molar-refractivity contribution in [2.24, 2.45) is 0 Å². The van der Waals surface area contributed by atoms with Gasteiger partial charge in [0.1, 0.15) is 6.54 Å². The minimum absolute atomic E-state index is 0.0205. The summed E-state index contributed by atoms with van der Waals surface area (Å²) in [6.07, 6.45) is 1.79. The van der Waals surface area contributed by atoms with Gasteiger partial charge in [-0.2, -0.15) is 4.52 Å². The van der Waals surface area contributed by atoms with Crippen LogP contribution in [0.15, 0.2) is 28.7 Å². The van der Waals surface area contributed by atoms with Gasteiger partial charge in [-0.1, -0.05) is 13.8 Å². The highest BCUT2D eigenvalue weighted by Gasteiger charge is 2.17. The number of nitrogens with zero attached hydrogens (tertiary/aromatic N) is 4. The second-order valence-corrected chi connectivity index (χ2v) is 7.45. The third kappa shape index (κ3) is 4.33. The Hall–Kier alpha value is -2.88. The Balaban J connectivity index is 1.89. The molecular weight excluding hydrogens is 454 g/mol. The molecule has 0 fully saturated rings. The summed E-state index contributed by atoms with van der Waals surface area (Å²) in [7, 11) is 3.03. The first-order valence-corrected chi connectivity index (χ1v) is 10.3. The number of halogens is 1. The van der Waals surface area contributed by atoms with Gasteiger partial charge in [-0.05, 0) is 47.0 Å². The molecule has 0 bridgehead atoms. The van der Waals surface area contributed by atoms with Crippen molar-refractivity contribution in [2.45, 2.75) is 39.3 Å². The van der Waals surface area contributed by atoms with Crippen molar-refractivity contribution in [3.8, 4) is 17.4 Å². The lowest BCUT2D eigenvalue weighted by atomic mass is 10.1. The van der Waals surface area contributed by atoms with E-state index in [-0.39, 0.29) is 24.1 Å². The molecule has 0 amide bonds. The number of hydrogen-bond donors (Lipinski definition) is 1. The van der Waals surface area contributed by atoms with Gasteiger partial charge in [-0.25, -0.2) is 4.68 Å². The molecule has 0 unspecified atom stereocenters. The number of nitrogens with one attached hydrogen (secondary N) is 1. The molecule has 2 heterocycles. The Kier molecular flexibility index (Phi) is 6.76. The lowest BCUT2D eigenvalue weighted by molar-refractivity contribution is 0.0965. The zero-order valence-corrected chi connectivity index (χ0v) is 18.9. The smallest absolute Gasteiger partial charge is 0.242 e. The Morgan fingerprint density at radius 2 is 1.90 bits per heavy atom. The minimum Gasteiger partial charge on any atom is -0.493 e. The van der Waals surface area contributed by atoms with E-state index in [1.54, 1.807) is 24.3 Å². The molecule has 0 aliphatic rings. The highest BCUT2D eigenvalue weighted by Crippen LogP contribution is 2.36. The molecule has 10 heteroatoms. The molecule has 0 radical (unpaired) electrons. The maximum atomic E-state index is 12.8. The van der Waals surface area contributed by atoms with E-state index in [2.05, 4.69) is 26.1 Å². The van der Waals surface area contributed by atoms with Gasteiger partial charge in [-0.3, -0.25) is 10.2 Å². The van der Waals surface area contributed by atoms with Crippen LogP contribution in [0.3, 0.4) is 0 Å². The van der Waals surface area contributed by atoms with Crippen molar-refractivity contribution >= 4 is 27.4 Å². The maximum Gasteiger partial charge on any atom is 0.242 e. The Morgan fingerprint density at radius 3 is 2.53 bits per heavy atom. The van der Waals surface area contributed by atoms with E-state index < -0.39 is 0 Å². The fourth-order valence-corrected chi connectivity index (χ4v) is 3.62. The second-order valence-electron chi connectivity index (χ2n) is 6.60. The lowest BCUT2D eigenvalue weighted by Crippen LogP contribution is -2.26. The SMILES string of the molecule is CCC(CC)Oc1ccc2nn(CC(=O)c3cc(Br)c(OC)c(OC)c3)c(=N)n2n1. The number of carbonyl (C=O) groups is 1. The average molecular weight is 478 g/mol. The summed E-state index contributed by atoms with van der Waals surface area (Å²) >= 11 is 3.39. The standard InChI is InChI=1S/C20H24BrN5O4/c1-5-13(6-2)30-18-8-7-17-23-25(20(22)26(17)24-18)11-15(27)12-9-14(21)19(29-4)16(10-12)28-3/h7-10,13,22H,5-6,11H2,1-4H3. The van der Waals surface area contributed by atoms with E-state index in [0.29, 0.717) is 33.1 Å². The fraction of sp³-hybridized carbons (Fsp3) is 0.400. The first-order valence-electron chi connectivity index (χ1n) is 9.54. The van der Waals surface area contributed by atoms with E-state index in [1.807, 2.05) is 13.8 Å². The largest absolute Gasteiger partial charge is 0.493 e. The van der Waals surface area contributed by atoms with Gasteiger partial charge < -0.3 is 14.2 Å². The van der Waals surface area contributed by atoms with Crippen LogP contribution in [0.5, 0.6) is 17.4 Å². The summed E-state index contributed by atoms with van der Waals surface area (Å²) in [5, 5.41) is 17.0. The van der Waals surface area contributed by atoms with Crippen molar-refractivity contribution in [2.75, 3.05) is 14.2 Å². The number of fused-ring (bicyclic) bond motifs is 1. The average Bonchev–Trinajstić information content (AvgIpc) is 3.06. The van der Waals surface area contributed by atoms with Gasteiger partial charge in [0, 0.05) is 11.6 Å². The van der Waals surface area contributed by atoms with Crippen LogP contribution in [0.4, 0.5) is 0 Å². The number of hydrogen-bond acceptors (Lipinski definition) is 7. The molecule has 30 heavy (non-hydrogen) atoms. The normalized spacial score (nSPS) is 11.1. The molecular formula is C20H24BrN5O4. The first kappa shape index (κ1) is 21.8. The van der Waals surface area contributed by atoms with Crippen molar-refractivity contribution in [3.05, 3.63) is 39.9 Å². The van der Waals surface area contributed by atoms with Gasteiger partial charge >= 0.3 is 0 Å². The number of benzene rings is 1. The number of aromatic nitrogens is 4. The highest BCUT2D eigenvalue weighted by atomic mass is 79.9. The first-order chi connectivity index (χ1) is 14.4. The predicted octanol–water partition coefficient (Wildman–Crippen LogP) is 3.24. The van der Waals surface area contributed by atoms with Crippen molar-refractivity contribution < 1.29 is 19.0 Å². The summed E-state index contributed by atoms with van der Waals surface area (Å²) in [6, 6.07) is 6.70. The topological polar surface area (TPSA) is 104 Å². The van der Waals surface area contributed by atoms with Crippen molar-refractivity contribution in [1.82, 2.24) is 19.4 Å². The summed E-state index contributed by atoms with van der Waals surface area (Å²) in [6.45, 7) is 3.98. The van der Waals surface area contributed by atoms with Crippen LogP contribution in [-0.2, 0) is 6.54 Å². The summed E-state index contributed by atoms with van der Waals surface area (Å²) in [5.74, 6) is 1.13. The minimum atomic E-state index is -0.230. The monoisotopic (exact) mass is 477 g/mol. The molecule has 160 valence electrons. The highest BCUT2D eigenvalue weighted by molar-refractivity contribution is 9.10. The van der Waals surface area contributed by atoms with Gasteiger partial charge in [0.2, 0.25) is 11.5 Å². The summed E-state index contributed by atoms with van der Waals surface area (Å²) in [5.41, 5.74) is 0.847. The molecule has 0 atom stereocenters. The Morgan fingerprint density at radius 1 is 1.17 bits per heavy atom. The van der Waals surface area contributed by atoms with E-state index in [4.69, 9.17) is 19.6 Å². The predicted molar refractivity (Wildman–Crippen MR) is 113 cm³/mol. The molecule has 2 aromatic heterocycles. The number of ketones is 1. The van der Waals surface area contributed by atoms with Gasteiger partial charge in [0.15, 0.2) is 22.9 Å². The maximum absolute atomic E-state index is 12.8. The molecule has 0 saturated carbocycles. The third-order valence-electron chi connectivity index (χ3n) is 4.71. The molecule has 0 saturated heterocycles. The van der Waals surface area contributed by atoms with Gasteiger partial charge in [-0.15, -0.1) is 10.2 Å². The number of methoxy groups -OCH3 is 2. The zero-order valence-electron chi connectivity index (χ0n) is 17.3. The lowest BCUT2D eigenvalue weighted by Gasteiger charge is -2.14. The van der Waals surface area contributed by atoms with Gasteiger partial charge in [0.05, 0.1) is 24.8 Å². The van der Waals surface area contributed by atoms with E-state index in [1.165, 1.54) is 23.4 Å². The van der Waals surface area contributed by atoms with Crippen LogP contribution in [-0.4, -0.2) is 45.5 Å². The number of ether oxygens (including phenoxy) is 3. The molecule has 3 aromatic rings. The fourth-order valence-electron chi connectivity index (χ4n) is 3.02. The van der Waals surface area contributed by atoms with Crippen LogP contribution in [0.25, 0.3) is 5.65 Å². The Labute approximate surface area is 182 Å². The zero-order chi connectivity index (χ0) is 21.8. The second kappa shape index (κ2) is 9.29. The molecule has 0 spiro atoms. The van der Waals surface area contributed by atoms with Gasteiger partial charge in [0.25, 0.3) is 0 Å². The number of Topliss-reactive ketones (excluding diaryl/α,β-unsaturated/α-hetero) is 1. The molecule has 1 aromatic carbocycles.